The van der Waals surface area contributed by atoms with E-state index >= 15 is 0 Å². The molecule has 1 N–H and O–H groups in total. The summed E-state index contributed by atoms with van der Waals surface area (Å²) in [5, 5.41) is 8.20. The molecule has 0 amide bonds. The highest BCUT2D eigenvalue weighted by atomic mass is 16.2. The summed E-state index contributed by atoms with van der Waals surface area (Å²) in [4.78, 5) is 0. The van der Waals surface area contributed by atoms with Gasteiger partial charge in [0.05, 0.1) is 0 Å². The molecular weight excluding hydrogens is 148 g/mol. The normalized spacial score (nSPS) is 10.2. The van der Waals surface area contributed by atoms with E-state index in [9.17, 15) is 0 Å². The molecule has 0 aromatic carbocycles. The summed E-state index contributed by atoms with van der Waals surface area (Å²) in [5.74, 6) is 0. The van der Waals surface area contributed by atoms with Gasteiger partial charge in [-0.05, 0) is 23.6 Å². The van der Waals surface area contributed by atoms with Crippen LogP contribution in [-0.4, -0.2) is 11.7 Å². The van der Waals surface area contributed by atoms with E-state index in [4.69, 9.17) is 5.11 Å². The standard InChI is InChI=1S/C6H4.C5H12O/c1-2-5-4-6(5)3-1;1-2-3-4-5-6/h1-4H;6H,2-5H2,1H3. The molecule has 0 radical (unpaired) electrons. The molecule has 2 aliphatic carbocycles. The third kappa shape index (κ3) is 3.05. The first-order valence-corrected chi connectivity index (χ1v) is 4.59. The minimum absolute atomic E-state index is 0.355. The number of aliphatic hydroxyl groups excluding tert-OH is 1. The molecule has 2 rings (SSSR count). The molecule has 1 heteroatoms. The Kier molecular flexibility index (Phi) is 3.81. The number of benzene rings is 1. The fourth-order valence-electron chi connectivity index (χ4n) is 1.04. The minimum Gasteiger partial charge on any atom is -0.396 e. The van der Waals surface area contributed by atoms with Crippen LogP contribution in [0.3, 0.4) is 0 Å². The van der Waals surface area contributed by atoms with Crippen LogP contribution in [0.4, 0.5) is 0 Å². The molecule has 1 nitrogen and oxygen atoms in total. The van der Waals surface area contributed by atoms with Crippen molar-refractivity contribution in [3.05, 3.63) is 24.3 Å². The van der Waals surface area contributed by atoms with Gasteiger partial charge in [-0.15, -0.1) is 0 Å². The zero-order valence-corrected chi connectivity index (χ0v) is 7.59. The number of aliphatic hydroxyl groups is 1. The van der Waals surface area contributed by atoms with Crippen molar-refractivity contribution in [2.45, 2.75) is 26.2 Å². The van der Waals surface area contributed by atoms with Crippen LogP contribution in [0, 0.1) is 0 Å². The molecule has 0 aliphatic heterocycles. The maximum atomic E-state index is 8.20. The predicted molar refractivity (Wildman–Crippen MR) is 52.0 cm³/mol. The lowest BCUT2D eigenvalue weighted by atomic mass is 10.3. The van der Waals surface area contributed by atoms with Crippen molar-refractivity contribution in [1.29, 1.82) is 0 Å². The van der Waals surface area contributed by atoms with Crippen LogP contribution >= 0.6 is 0 Å². The molecule has 2 aliphatic rings. The van der Waals surface area contributed by atoms with Crippen molar-refractivity contribution in [2.75, 3.05) is 6.61 Å². The molecule has 0 bridgehead atoms. The van der Waals surface area contributed by atoms with Crippen LogP contribution in [-0.2, 0) is 0 Å². The van der Waals surface area contributed by atoms with Crippen molar-refractivity contribution in [1.82, 2.24) is 0 Å². The molecule has 0 saturated heterocycles. The van der Waals surface area contributed by atoms with E-state index in [1.54, 1.807) is 0 Å². The van der Waals surface area contributed by atoms with Gasteiger partial charge in [0.15, 0.2) is 0 Å². The number of unbranched alkanes of at least 4 members (excludes halogenated alkanes) is 2. The first-order chi connectivity index (χ1) is 5.88. The van der Waals surface area contributed by atoms with Gasteiger partial charge in [-0.1, -0.05) is 38.0 Å². The van der Waals surface area contributed by atoms with E-state index in [1.165, 1.54) is 17.5 Å². The lowest BCUT2D eigenvalue weighted by Gasteiger charge is -1.85. The second kappa shape index (κ2) is 4.94. The van der Waals surface area contributed by atoms with E-state index in [1.807, 2.05) is 0 Å². The molecule has 0 heterocycles. The molecule has 12 heavy (non-hydrogen) atoms. The predicted octanol–water partition coefficient (Wildman–Crippen LogP) is 2.84. The Morgan fingerprint density at radius 3 is 2.00 bits per heavy atom. The third-order valence-electron chi connectivity index (χ3n) is 1.87. The minimum atomic E-state index is 0.355. The van der Waals surface area contributed by atoms with Crippen LogP contribution in [0.25, 0.3) is 11.1 Å². The summed E-state index contributed by atoms with van der Waals surface area (Å²) in [7, 11) is 0. The van der Waals surface area contributed by atoms with Gasteiger partial charge in [0.2, 0.25) is 0 Å². The Balaban J connectivity index is 0.000000120. The largest absolute Gasteiger partial charge is 0.396 e. The quantitative estimate of drug-likeness (QED) is 0.691. The highest BCUT2D eigenvalue weighted by Gasteiger charge is 2.06. The smallest absolute Gasteiger partial charge is 0.0431 e. The van der Waals surface area contributed by atoms with Gasteiger partial charge in [-0.2, -0.15) is 0 Å². The van der Waals surface area contributed by atoms with Gasteiger partial charge in [-0.3, -0.25) is 0 Å². The molecule has 0 atom stereocenters. The lowest BCUT2D eigenvalue weighted by Crippen LogP contribution is -1.78. The van der Waals surface area contributed by atoms with Crippen LogP contribution in [0.15, 0.2) is 24.3 Å². The van der Waals surface area contributed by atoms with Crippen molar-refractivity contribution in [3.8, 4) is 11.1 Å². The zero-order valence-electron chi connectivity index (χ0n) is 7.59. The van der Waals surface area contributed by atoms with Gasteiger partial charge in [0.1, 0.15) is 0 Å². The molecular formula is C11H16O. The monoisotopic (exact) mass is 164 g/mol. The van der Waals surface area contributed by atoms with Crippen LogP contribution < -0.4 is 0 Å². The Bertz CT molecular complexity index is 209. The number of rotatable bonds is 3. The van der Waals surface area contributed by atoms with Crippen LogP contribution in [0.5, 0.6) is 0 Å². The Hall–Kier alpha value is -0.820. The summed E-state index contributed by atoms with van der Waals surface area (Å²) >= 11 is 0. The van der Waals surface area contributed by atoms with Crippen molar-refractivity contribution >= 4 is 0 Å². The Labute approximate surface area is 74.1 Å². The fraction of sp³-hybridized carbons (Fsp3) is 0.455. The summed E-state index contributed by atoms with van der Waals surface area (Å²) in [6, 6.07) is 8.48. The topological polar surface area (TPSA) is 20.2 Å². The Morgan fingerprint density at radius 2 is 1.83 bits per heavy atom. The molecule has 0 aromatic rings. The zero-order chi connectivity index (χ0) is 8.81. The summed E-state index contributed by atoms with van der Waals surface area (Å²) in [6.07, 6.45) is 3.33. The fourth-order valence-corrected chi connectivity index (χ4v) is 1.04. The second-order valence-electron chi connectivity index (χ2n) is 3.01. The average Bonchev–Trinajstić information content (AvgIpc) is 2.72. The molecule has 0 spiro atoms. The molecule has 66 valence electrons. The van der Waals surface area contributed by atoms with Gasteiger partial charge in [-0.25, -0.2) is 0 Å². The van der Waals surface area contributed by atoms with Crippen LogP contribution in [0.1, 0.15) is 26.2 Å². The van der Waals surface area contributed by atoms with Crippen molar-refractivity contribution in [3.63, 3.8) is 0 Å². The highest BCUT2D eigenvalue weighted by molar-refractivity contribution is 5.80. The van der Waals surface area contributed by atoms with Gasteiger partial charge in [0.25, 0.3) is 0 Å². The van der Waals surface area contributed by atoms with Crippen molar-refractivity contribution in [2.24, 2.45) is 0 Å². The molecule has 0 aromatic heterocycles. The first kappa shape index (κ1) is 9.27. The molecule has 0 fully saturated rings. The molecule has 0 saturated carbocycles. The van der Waals surface area contributed by atoms with Crippen molar-refractivity contribution < 1.29 is 5.11 Å². The van der Waals surface area contributed by atoms with Crippen LogP contribution in [0.2, 0.25) is 0 Å². The van der Waals surface area contributed by atoms with E-state index in [0.29, 0.717) is 6.61 Å². The first-order valence-electron chi connectivity index (χ1n) is 4.59. The number of hydrogen-bond acceptors (Lipinski definition) is 1. The number of hydrogen-bond donors (Lipinski definition) is 1. The van der Waals surface area contributed by atoms with E-state index in [2.05, 4.69) is 31.2 Å². The maximum Gasteiger partial charge on any atom is 0.0431 e. The third-order valence-corrected chi connectivity index (χ3v) is 1.87. The average molecular weight is 164 g/mol. The summed E-state index contributed by atoms with van der Waals surface area (Å²) < 4.78 is 0. The van der Waals surface area contributed by atoms with Gasteiger partial charge < -0.3 is 5.11 Å². The maximum absolute atomic E-state index is 8.20. The highest BCUT2D eigenvalue weighted by Crippen LogP contribution is 2.32. The summed E-state index contributed by atoms with van der Waals surface area (Å²) in [5.41, 5.74) is 2.85. The second-order valence-corrected chi connectivity index (χ2v) is 3.01. The lowest BCUT2D eigenvalue weighted by molar-refractivity contribution is 0.284. The van der Waals surface area contributed by atoms with E-state index in [0.717, 1.165) is 12.8 Å². The summed E-state index contributed by atoms with van der Waals surface area (Å²) in [6.45, 7) is 2.48. The van der Waals surface area contributed by atoms with E-state index < -0.39 is 0 Å². The van der Waals surface area contributed by atoms with E-state index in [-0.39, 0.29) is 0 Å². The SMILES string of the molecule is CCCCCO.c1cc2cc-2c1. The Morgan fingerprint density at radius 1 is 1.17 bits per heavy atom. The van der Waals surface area contributed by atoms with Gasteiger partial charge >= 0.3 is 0 Å². The molecule has 0 unspecified atom stereocenters. The van der Waals surface area contributed by atoms with Gasteiger partial charge in [0, 0.05) is 6.61 Å². The number of fused-ring (bicyclic) bond motifs is 1.